The van der Waals surface area contributed by atoms with E-state index in [1.165, 1.54) is 0 Å². The summed E-state index contributed by atoms with van der Waals surface area (Å²) < 4.78 is 0. The minimum absolute atomic E-state index is 0.0562. The Balaban J connectivity index is 1.92. The Hall–Kier alpha value is -1.75. The minimum atomic E-state index is -0.377. The van der Waals surface area contributed by atoms with Crippen LogP contribution in [-0.2, 0) is 4.79 Å². The van der Waals surface area contributed by atoms with Gasteiger partial charge in [0.2, 0.25) is 5.91 Å². The van der Waals surface area contributed by atoms with Gasteiger partial charge in [-0.25, -0.2) is 0 Å². The number of rotatable bonds is 1. The summed E-state index contributed by atoms with van der Waals surface area (Å²) in [5, 5.41) is 3.22. The van der Waals surface area contributed by atoms with Gasteiger partial charge in [0.25, 0.3) is 5.91 Å². The van der Waals surface area contributed by atoms with Gasteiger partial charge in [-0.1, -0.05) is 11.6 Å². The first-order valence-electron chi connectivity index (χ1n) is 7.21. The van der Waals surface area contributed by atoms with Gasteiger partial charge in [-0.2, -0.15) is 0 Å². The van der Waals surface area contributed by atoms with Crippen LogP contribution in [0.3, 0.4) is 0 Å². The molecule has 0 aliphatic carbocycles. The van der Waals surface area contributed by atoms with E-state index in [-0.39, 0.29) is 23.8 Å². The fraction of sp³-hybridized carbons (Fsp3) is 0.467. The first-order chi connectivity index (χ1) is 10.1. The predicted octanol–water partition coefficient (Wildman–Crippen LogP) is 1.66. The second kappa shape index (κ2) is 5.56. The maximum absolute atomic E-state index is 12.8. The first kappa shape index (κ1) is 14.2. The van der Waals surface area contributed by atoms with Gasteiger partial charge >= 0.3 is 0 Å². The number of hydrogen-bond acceptors (Lipinski definition) is 3. The van der Waals surface area contributed by atoms with Gasteiger partial charge in [-0.3, -0.25) is 9.59 Å². The average molecular weight is 308 g/mol. The Morgan fingerprint density at radius 2 is 2.19 bits per heavy atom. The van der Waals surface area contributed by atoms with Gasteiger partial charge in [0.05, 0.1) is 10.6 Å². The van der Waals surface area contributed by atoms with Crippen LogP contribution in [0.1, 0.15) is 29.6 Å². The van der Waals surface area contributed by atoms with Crippen LogP contribution >= 0.6 is 11.6 Å². The lowest BCUT2D eigenvalue weighted by Crippen LogP contribution is -2.59. The molecule has 2 aliphatic rings. The number of benzene rings is 1. The average Bonchev–Trinajstić information content (AvgIpc) is 2.49. The molecule has 112 valence electrons. The summed E-state index contributed by atoms with van der Waals surface area (Å²) in [6.45, 7) is 1.28. The normalized spacial score (nSPS) is 25.2. The molecule has 2 unspecified atom stereocenters. The van der Waals surface area contributed by atoms with E-state index < -0.39 is 0 Å². The molecule has 2 amide bonds. The molecule has 2 aliphatic heterocycles. The number of fused-ring (bicyclic) bond motifs is 1. The van der Waals surface area contributed by atoms with Gasteiger partial charge < -0.3 is 16.0 Å². The van der Waals surface area contributed by atoms with Crippen LogP contribution in [0.5, 0.6) is 0 Å². The second-order valence-corrected chi connectivity index (χ2v) is 6.07. The van der Waals surface area contributed by atoms with Crippen molar-refractivity contribution in [2.75, 3.05) is 18.8 Å². The van der Waals surface area contributed by atoms with Gasteiger partial charge in [0, 0.05) is 18.8 Å². The molecule has 3 rings (SSSR count). The molecule has 0 spiro atoms. The third-order valence-corrected chi connectivity index (χ3v) is 4.65. The molecule has 5 nitrogen and oxygen atoms in total. The highest BCUT2D eigenvalue weighted by atomic mass is 35.5. The van der Waals surface area contributed by atoms with Crippen LogP contribution in [0, 0.1) is 5.92 Å². The Morgan fingerprint density at radius 1 is 1.38 bits per heavy atom. The SMILES string of the molecule is Nc1ccc(Cl)c(C(=O)N2CCCC3CCNC(=O)C32)c1. The molecule has 2 fully saturated rings. The monoisotopic (exact) mass is 307 g/mol. The zero-order chi connectivity index (χ0) is 15.0. The van der Waals surface area contributed by atoms with E-state index in [1.54, 1.807) is 23.1 Å². The number of piperidine rings is 2. The third-order valence-electron chi connectivity index (χ3n) is 4.32. The Kier molecular flexibility index (Phi) is 3.76. The van der Waals surface area contributed by atoms with E-state index in [4.69, 9.17) is 17.3 Å². The van der Waals surface area contributed by atoms with E-state index in [0.717, 1.165) is 19.3 Å². The summed E-state index contributed by atoms with van der Waals surface area (Å²) in [7, 11) is 0. The third kappa shape index (κ3) is 2.58. The van der Waals surface area contributed by atoms with Crippen molar-refractivity contribution in [1.82, 2.24) is 10.2 Å². The number of amides is 2. The van der Waals surface area contributed by atoms with Crippen molar-refractivity contribution in [2.45, 2.75) is 25.3 Å². The van der Waals surface area contributed by atoms with Crippen LogP contribution in [0.2, 0.25) is 5.02 Å². The lowest BCUT2D eigenvalue weighted by Gasteiger charge is -2.43. The molecule has 1 aromatic carbocycles. The van der Waals surface area contributed by atoms with Crippen molar-refractivity contribution >= 4 is 29.1 Å². The quantitative estimate of drug-likeness (QED) is 0.775. The van der Waals surface area contributed by atoms with E-state index in [1.807, 2.05) is 0 Å². The highest BCUT2D eigenvalue weighted by Gasteiger charge is 2.41. The number of carbonyl (C=O) groups is 2. The standard InChI is InChI=1S/C15H18ClN3O2/c16-12-4-3-10(17)8-11(12)15(21)19-7-1-2-9-5-6-18-14(20)13(9)19/h3-4,8-9,13H,1-2,5-7,17H2,(H,18,20). The van der Waals surface area contributed by atoms with Crippen LogP contribution in [0.4, 0.5) is 5.69 Å². The molecular weight excluding hydrogens is 290 g/mol. The predicted molar refractivity (Wildman–Crippen MR) is 81.0 cm³/mol. The molecule has 0 bridgehead atoms. The van der Waals surface area contributed by atoms with Crippen molar-refractivity contribution in [3.63, 3.8) is 0 Å². The summed E-state index contributed by atoms with van der Waals surface area (Å²) >= 11 is 6.12. The molecule has 3 N–H and O–H groups in total. The molecule has 2 heterocycles. The lowest BCUT2D eigenvalue weighted by atomic mass is 9.83. The largest absolute Gasteiger partial charge is 0.399 e. The fourth-order valence-corrected chi connectivity index (χ4v) is 3.51. The number of halogens is 1. The molecule has 0 radical (unpaired) electrons. The molecule has 2 atom stereocenters. The number of nitrogens with two attached hydrogens (primary N) is 1. The summed E-state index contributed by atoms with van der Waals surface area (Å²) in [5.41, 5.74) is 6.61. The molecule has 6 heteroatoms. The minimum Gasteiger partial charge on any atom is -0.399 e. The van der Waals surface area contributed by atoms with E-state index in [9.17, 15) is 9.59 Å². The lowest BCUT2D eigenvalue weighted by molar-refractivity contribution is -0.131. The molecule has 2 saturated heterocycles. The second-order valence-electron chi connectivity index (χ2n) is 5.66. The summed E-state index contributed by atoms with van der Waals surface area (Å²) in [6, 6.07) is 4.48. The number of hydrogen-bond donors (Lipinski definition) is 2. The van der Waals surface area contributed by atoms with E-state index >= 15 is 0 Å². The topological polar surface area (TPSA) is 75.4 Å². The zero-order valence-electron chi connectivity index (χ0n) is 11.6. The molecule has 0 saturated carbocycles. The molecular formula is C15H18ClN3O2. The van der Waals surface area contributed by atoms with Crippen molar-refractivity contribution in [3.05, 3.63) is 28.8 Å². The smallest absolute Gasteiger partial charge is 0.256 e. The van der Waals surface area contributed by atoms with Crippen molar-refractivity contribution in [1.29, 1.82) is 0 Å². The van der Waals surface area contributed by atoms with Crippen molar-refractivity contribution < 1.29 is 9.59 Å². The van der Waals surface area contributed by atoms with Crippen molar-refractivity contribution in [2.24, 2.45) is 5.92 Å². The highest BCUT2D eigenvalue weighted by Crippen LogP contribution is 2.31. The maximum Gasteiger partial charge on any atom is 0.256 e. The summed E-state index contributed by atoms with van der Waals surface area (Å²) in [6.07, 6.45) is 2.83. The van der Waals surface area contributed by atoms with Crippen LogP contribution in [-0.4, -0.2) is 35.8 Å². The Labute approximate surface area is 128 Å². The Bertz CT molecular complexity index is 588. The molecule has 21 heavy (non-hydrogen) atoms. The van der Waals surface area contributed by atoms with E-state index in [2.05, 4.69) is 5.32 Å². The number of anilines is 1. The van der Waals surface area contributed by atoms with Gasteiger partial charge in [0.1, 0.15) is 6.04 Å². The summed E-state index contributed by atoms with van der Waals surface area (Å²) in [4.78, 5) is 26.6. The van der Waals surface area contributed by atoms with Crippen molar-refractivity contribution in [3.8, 4) is 0 Å². The van der Waals surface area contributed by atoms with Crippen LogP contribution in [0.25, 0.3) is 0 Å². The van der Waals surface area contributed by atoms with Crippen LogP contribution < -0.4 is 11.1 Å². The van der Waals surface area contributed by atoms with Gasteiger partial charge in [-0.15, -0.1) is 0 Å². The van der Waals surface area contributed by atoms with E-state index in [0.29, 0.717) is 29.4 Å². The zero-order valence-corrected chi connectivity index (χ0v) is 12.4. The van der Waals surface area contributed by atoms with Gasteiger partial charge in [-0.05, 0) is 43.4 Å². The first-order valence-corrected chi connectivity index (χ1v) is 7.59. The number of nitrogen functional groups attached to an aromatic ring is 1. The highest BCUT2D eigenvalue weighted by molar-refractivity contribution is 6.34. The molecule has 0 aromatic heterocycles. The number of likely N-dealkylation sites (tertiary alicyclic amines) is 1. The number of nitrogens with zero attached hydrogens (tertiary/aromatic N) is 1. The fourth-order valence-electron chi connectivity index (χ4n) is 3.31. The van der Waals surface area contributed by atoms with Gasteiger partial charge in [0.15, 0.2) is 0 Å². The Morgan fingerprint density at radius 3 is 3.00 bits per heavy atom. The maximum atomic E-state index is 12.8. The van der Waals surface area contributed by atoms with Crippen LogP contribution in [0.15, 0.2) is 18.2 Å². The number of carbonyl (C=O) groups excluding carboxylic acids is 2. The molecule has 1 aromatic rings. The summed E-state index contributed by atoms with van der Waals surface area (Å²) in [5.74, 6) is -0.0188. The number of nitrogens with one attached hydrogen (secondary N) is 1.